The van der Waals surface area contributed by atoms with Gasteiger partial charge in [0.25, 0.3) is 0 Å². The Hall–Kier alpha value is -0.380. The number of aliphatic hydroxyl groups is 1. The first-order valence-electron chi connectivity index (χ1n) is 7.09. The molecule has 2 saturated heterocycles. The van der Waals surface area contributed by atoms with E-state index in [4.69, 9.17) is 9.47 Å². The van der Waals surface area contributed by atoms with Gasteiger partial charge in [-0.1, -0.05) is 11.6 Å². The Balaban J connectivity index is 1.69. The molecule has 0 aromatic carbocycles. The van der Waals surface area contributed by atoms with E-state index in [1.807, 2.05) is 0 Å². The van der Waals surface area contributed by atoms with Crippen LogP contribution in [0.4, 0.5) is 0 Å². The van der Waals surface area contributed by atoms with E-state index in [-0.39, 0.29) is 17.3 Å². The fourth-order valence-electron chi connectivity index (χ4n) is 3.59. The van der Waals surface area contributed by atoms with Crippen molar-refractivity contribution in [1.29, 1.82) is 0 Å². The first-order chi connectivity index (χ1) is 8.46. The van der Waals surface area contributed by atoms with Crippen LogP contribution in [0.2, 0.25) is 0 Å². The van der Waals surface area contributed by atoms with E-state index in [0.29, 0.717) is 12.0 Å². The van der Waals surface area contributed by atoms with Gasteiger partial charge in [-0.15, -0.1) is 0 Å². The summed E-state index contributed by atoms with van der Waals surface area (Å²) in [5.74, 6) is 0.365. The molecule has 1 aliphatic carbocycles. The van der Waals surface area contributed by atoms with E-state index < -0.39 is 0 Å². The maximum Gasteiger partial charge on any atom is 0.0980 e. The number of epoxide rings is 2. The van der Waals surface area contributed by atoms with Gasteiger partial charge in [-0.25, -0.2) is 0 Å². The monoisotopic (exact) mass is 252 g/mol. The minimum atomic E-state index is -0.171. The maximum atomic E-state index is 9.91. The van der Waals surface area contributed by atoms with Crippen LogP contribution in [0.15, 0.2) is 11.6 Å². The van der Waals surface area contributed by atoms with Crippen molar-refractivity contribution < 1.29 is 14.6 Å². The molecule has 2 heterocycles. The van der Waals surface area contributed by atoms with Gasteiger partial charge in [-0.05, 0) is 46.5 Å². The topological polar surface area (TPSA) is 45.3 Å². The Bertz CT molecular complexity index is 368. The van der Waals surface area contributed by atoms with E-state index in [1.165, 1.54) is 5.57 Å². The second-order valence-electron chi connectivity index (χ2n) is 6.64. The minimum Gasteiger partial charge on any atom is -0.393 e. The molecule has 0 bridgehead atoms. The van der Waals surface area contributed by atoms with Crippen molar-refractivity contribution in [1.82, 2.24) is 0 Å². The lowest BCUT2D eigenvalue weighted by molar-refractivity contribution is 0.0145. The number of allylic oxidation sites excluding steroid dienone is 1. The van der Waals surface area contributed by atoms with Crippen molar-refractivity contribution in [3.63, 3.8) is 0 Å². The van der Waals surface area contributed by atoms with Gasteiger partial charge in [-0.2, -0.15) is 0 Å². The third kappa shape index (κ3) is 2.02. The Labute approximate surface area is 109 Å². The van der Waals surface area contributed by atoms with Crippen LogP contribution in [-0.2, 0) is 9.47 Å². The maximum absolute atomic E-state index is 9.91. The van der Waals surface area contributed by atoms with Crippen LogP contribution < -0.4 is 0 Å². The first-order valence-corrected chi connectivity index (χ1v) is 7.09. The van der Waals surface area contributed by atoms with Crippen molar-refractivity contribution in [3.8, 4) is 0 Å². The van der Waals surface area contributed by atoms with Gasteiger partial charge in [0, 0.05) is 5.92 Å². The lowest BCUT2D eigenvalue weighted by Crippen LogP contribution is -2.43. The quantitative estimate of drug-likeness (QED) is 0.620. The van der Waals surface area contributed by atoms with Gasteiger partial charge in [0.1, 0.15) is 0 Å². The Kier molecular flexibility index (Phi) is 2.85. The number of aliphatic hydroxyl groups excluding tert-OH is 1. The van der Waals surface area contributed by atoms with Crippen LogP contribution in [-0.4, -0.2) is 35.1 Å². The Morgan fingerprint density at radius 3 is 2.78 bits per heavy atom. The normalized spacial score (nSPS) is 50.1. The summed E-state index contributed by atoms with van der Waals surface area (Å²) in [7, 11) is 0. The molecular formula is C15H24O3. The van der Waals surface area contributed by atoms with Crippen LogP contribution in [0.3, 0.4) is 0 Å². The summed E-state index contributed by atoms with van der Waals surface area (Å²) in [4.78, 5) is 0. The van der Waals surface area contributed by atoms with Crippen LogP contribution in [0.25, 0.3) is 0 Å². The number of rotatable bonds is 3. The Morgan fingerprint density at radius 1 is 1.44 bits per heavy atom. The summed E-state index contributed by atoms with van der Waals surface area (Å²) in [5.41, 5.74) is 1.30. The summed E-state index contributed by atoms with van der Waals surface area (Å²) >= 11 is 0. The van der Waals surface area contributed by atoms with Gasteiger partial charge in [-0.3, -0.25) is 0 Å². The lowest BCUT2D eigenvalue weighted by atomic mass is 9.70. The summed E-state index contributed by atoms with van der Waals surface area (Å²) in [5, 5.41) is 9.91. The molecule has 0 radical (unpaired) electrons. The zero-order chi connectivity index (χ0) is 13.0. The lowest BCUT2D eigenvalue weighted by Gasteiger charge is -2.35. The fourth-order valence-corrected chi connectivity index (χ4v) is 3.59. The molecule has 2 aliphatic heterocycles. The third-order valence-electron chi connectivity index (χ3n) is 4.97. The molecule has 3 heteroatoms. The van der Waals surface area contributed by atoms with E-state index in [1.54, 1.807) is 0 Å². The molecule has 102 valence electrons. The second-order valence-corrected chi connectivity index (χ2v) is 6.64. The smallest absolute Gasteiger partial charge is 0.0980 e. The van der Waals surface area contributed by atoms with Crippen LogP contribution in [0.1, 0.15) is 46.5 Å². The average Bonchev–Trinajstić information content (AvgIpc) is 3.19. The molecule has 0 unspecified atom stereocenters. The summed E-state index contributed by atoms with van der Waals surface area (Å²) in [6.45, 7) is 7.30. The van der Waals surface area contributed by atoms with E-state index >= 15 is 0 Å². The molecule has 3 aliphatic rings. The fraction of sp³-hybridized carbons (Fsp3) is 0.867. The third-order valence-corrected chi connectivity index (χ3v) is 4.97. The van der Waals surface area contributed by atoms with Crippen LogP contribution in [0, 0.1) is 5.92 Å². The van der Waals surface area contributed by atoms with E-state index in [2.05, 4.69) is 26.8 Å². The number of ether oxygens (including phenoxy) is 2. The predicted molar refractivity (Wildman–Crippen MR) is 69.4 cm³/mol. The van der Waals surface area contributed by atoms with Crippen molar-refractivity contribution in [2.75, 3.05) is 6.61 Å². The van der Waals surface area contributed by atoms with Crippen molar-refractivity contribution in [3.05, 3.63) is 11.6 Å². The highest BCUT2D eigenvalue weighted by atomic mass is 16.6. The largest absolute Gasteiger partial charge is 0.393 e. The summed E-state index contributed by atoms with van der Waals surface area (Å²) in [6, 6.07) is 0. The van der Waals surface area contributed by atoms with Gasteiger partial charge >= 0.3 is 0 Å². The van der Waals surface area contributed by atoms with Crippen LogP contribution >= 0.6 is 0 Å². The zero-order valence-corrected chi connectivity index (χ0v) is 11.6. The molecule has 5 atom stereocenters. The predicted octanol–water partition coefficient (Wildman–Crippen LogP) is 2.43. The van der Waals surface area contributed by atoms with Gasteiger partial charge < -0.3 is 14.6 Å². The van der Waals surface area contributed by atoms with E-state index in [9.17, 15) is 5.11 Å². The minimum absolute atomic E-state index is 0.0354. The van der Waals surface area contributed by atoms with Crippen molar-refractivity contribution in [2.24, 2.45) is 5.92 Å². The molecule has 18 heavy (non-hydrogen) atoms. The molecule has 3 rings (SSSR count). The highest BCUT2D eigenvalue weighted by molar-refractivity contribution is 5.17. The summed E-state index contributed by atoms with van der Waals surface area (Å²) in [6.07, 6.45) is 6.08. The molecule has 3 nitrogen and oxygen atoms in total. The average molecular weight is 252 g/mol. The molecular weight excluding hydrogens is 228 g/mol. The second kappa shape index (κ2) is 4.06. The molecule has 3 fully saturated rings. The van der Waals surface area contributed by atoms with Crippen molar-refractivity contribution in [2.45, 2.75) is 69.9 Å². The highest BCUT2D eigenvalue weighted by Crippen LogP contribution is 2.58. The molecule has 0 amide bonds. The van der Waals surface area contributed by atoms with Gasteiger partial charge in [0.05, 0.1) is 30.0 Å². The van der Waals surface area contributed by atoms with Gasteiger partial charge in [0.15, 0.2) is 0 Å². The number of hydrogen-bond donors (Lipinski definition) is 1. The zero-order valence-electron chi connectivity index (χ0n) is 11.6. The molecule has 1 N–H and O–H groups in total. The number of hydrogen-bond acceptors (Lipinski definition) is 3. The molecule has 0 aromatic rings. The SMILES string of the molecule is CC(C)=CC[C@H]1O[C@@]1(C)[C@H]1C[C@H](O)CC[C@]12CO2. The molecule has 1 saturated carbocycles. The van der Waals surface area contributed by atoms with Crippen LogP contribution in [0.5, 0.6) is 0 Å². The first kappa shape index (κ1) is 12.6. The van der Waals surface area contributed by atoms with E-state index in [0.717, 1.165) is 32.3 Å². The Morgan fingerprint density at radius 2 is 2.17 bits per heavy atom. The molecule has 1 spiro atoms. The molecule has 0 aromatic heterocycles. The highest BCUT2D eigenvalue weighted by Gasteiger charge is 2.68. The van der Waals surface area contributed by atoms with Crippen molar-refractivity contribution >= 4 is 0 Å². The van der Waals surface area contributed by atoms with Gasteiger partial charge in [0.2, 0.25) is 0 Å². The summed E-state index contributed by atoms with van der Waals surface area (Å²) < 4.78 is 11.7. The standard InChI is InChI=1S/C15H24O3/c1-10(2)4-5-13-14(3,18-13)12-8-11(16)6-7-15(12)9-17-15/h4,11-13,16H,5-9H2,1-3H3/t11-,12-,13-,14+,15+/m1/s1.